The molecule has 7 heteroatoms. The smallest absolute Gasteiger partial charge is 0.227 e. The summed E-state index contributed by atoms with van der Waals surface area (Å²) in [4.78, 5) is 21.2. The molecule has 0 unspecified atom stereocenters. The molecule has 1 aliphatic heterocycles. The number of carbonyl (C=O) groups excluding carboxylic acids is 1. The quantitative estimate of drug-likeness (QED) is 0.472. The van der Waals surface area contributed by atoms with Crippen LogP contribution < -0.4 is 4.90 Å². The third-order valence-electron chi connectivity index (χ3n) is 5.88. The molecule has 1 fully saturated rings. The van der Waals surface area contributed by atoms with Gasteiger partial charge in [-0.1, -0.05) is 47.6 Å². The summed E-state index contributed by atoms with van der Waals surface area (Å²) in [5.74, 6) is 0.837. The predicted molar refractivity (Wildman–Crippen MR) is 121 cm³/mol. The van der Waals surface area contributed by atoms with E-state index in [-0.39, 0.29) is 11.7 Å². The van der Waals surface area contributed by atoms with Crippen molar-refractivity contribution in [2.24, 2.45) is 0 Å². The maximum absolute atomic E-state index is 13.1. The van der Waals surface area contributed by atoms with Crippen molar-refractivity contribution in [1.29, 1.82) is 0 Å². The standard InChI is InChI=1S/C25H23FN4O2/c26-19-8-10-20(11-9-19)29-14-16-30(17-15-29)24(31)13-12-23-27-25(28-32-23)22-7-3-5-18-4-1-2-6-21(18)22/h1-11H,12-17H2. The number of benzene rings is 3. The molecule has 32 heavy (non-hydrogen) atoms. The van der Waals surface area contributed by atoms with Gasteiger partial charge in [0.25, 0.3) is 0 Å². The molecular weight excluding hydrogens is 407 g/mol. The molecule has 6 nitrogen and oxygen atoms in total. The van der Waals surface area contributed by atoms with Gasteiger partial charge in [0, 0.05) is 50.3 Å². The molecule has 0 atom stereocenters. The van der Waals surface area contributed by atoms with Crippen LogP contribution in [0.15, 0.2) is 71.3 Å². The van der Waals surface area contributed by atoms with E-state index in [0.717, 1.165) is 35.1 Å². The highest BCUT2D eigenvalue weighted by molar-refractivity contribution is 5.94. The molecule has 0 bridgehead atoms. The zero-order valence-electron chi connectivity index (χ0n) is 17.6. The molecule has 1 saturated heterocycles. The number of rotatable bonds is 5. The number of nitrogens with zero attached hydrogens (tertiary/aromatic N) is 4. The fraction of sp³-hybridized carbons (Fsp3) is 0.240. The highest BCUT2D eigenvalue weighted by Crippen LogP contribution is 2.26. The zero-order valence-corrected chi connectivity index (χ0v) is 17.6. The lowest BCUT2D eigenvalue weighted by Crippen LogP contribution is -2.48. The number of piperazine rings is 1. The van der Waals surface area contributed by atoms with Gasteiger partial charge in [-0.15, -0.1) is 0 Å². The van der Waals surface area contributed by atoms with Gasteiger partial charge in [-0.25, -0.2) is 4.39 Å². The van der Waals surface area contributed by atoms with E-state index in [1.807, 2.05) is 47.4 Å². The minimum Gasteiger partial charge on any atom is -0.368 e. The number of aromatic nitrogens is 2. The number of aryl methyl sites for hydroxylation is 1. The molecule has 162 valence electrons. The largest absolute Gasteiger partial charge is 0.368 e. The summed E-state index contributed by atoms with van der Waals surface area (Å²) < 4.78 is 18.5. The van der Waals surface area contributed by atoms with Gasteiger partial charge < -0.3 is 14.3 Å². The third-order valence-corrected chi connectivity index (χ3v) is 5.88. The summed E-state index contributed by atoms with van der Waals surface area (Å²) >= 11 is 0. The fourth-order valence-corrected chi connectivity index (χ4v) is 4.12. The van der Waals surface area contributed by atoms with Crippen molar-refractivity contribution in [1.82, 2.24) is 15.0 Å². The van der Waals surface area contributed by atoms with Gasteiger partial charge in [-0.2, -0.15) is 4.98 Å². The first-order valence-corrected chi connectivity index (χ1v) is 10.8. The molecular formula is C25H23FN4O2. The number of halogens is 1. The lowest BCUT2D eigenvalue weighted by Gasteiger charge is -2.36. The number of hydrogen-bond donors (Lipinski definition) is 0. The van der Waals surface area contributed by atoms with Crippen LogP contribution >= 0.6 is 0 Å². The summed E-state index contributed by atoms with van der Waals surface area (Å²) in [5, 5.41) is 6.32. The molecule has 1 aromatic heterocycles. The van der Waals surface area contributed by atoms with Crippen LogP contribution in [0.25, 0.3) is 22.2 Å². The van der Waals surface area contributed by atoms with Gasteiger partial charge in [-0.3, -0.25) is 4.79 Å². The minimum atomic E-state index is -0.243. The first kappa shape index (κ1) is 20.2. The summed E-state index contributed by atoms with van der Waals surface area (Å²) in [7, 11) is 0. The first-order valence-electron chi connectivity index (χ1n) is 10.8. The highest BCUT2D eigenvalue weighted by Gasteiger charge is 2.22. The Labute approximate surface area is 185 Å². The Morgan fingerprint density at radius 2 is 1.69 bits per heavy atom. The molecule has 1 amide bonds. The average Bonchev–Trinajstić information content (AvgIpc) is 3.32. The molecule has 0 aliphatic carbocycles. The van der Waals surface area contributed by atoms with E-state index >= 15 is 0 Å². The van der Waals surface area contributed by atoms with Crippen LogP contribution in [0, 0.1) is 5.82 Å². The second kappa shape index (κ2) is 8.78. The fourth-order valence-electron chi connectivity index (χ4n) is 4.12. The highest BCUT2D eigenvalue weighted by atomic mass is 19.1. The second-order valence-corrected chi connectivity index (χ2v) is 7.88. The van der Waals surface area contributed by atoms with Gasteiger partial charge in [0.2, 0.25) is 17.6 Å². The number of hydrogen-bond acceptors (Lipinski definition) is 5. The van der Waals surface area contributed by atoms with Crippen LogP contribution in [0.5, 0.6) is 0 Å². The van der Waals surface area contributed by atoms with Crippen LogP contribution in [-0.2, 0) is 11.2 Å². The van der Waals surface area contributed by atoms with E-state index in [1.165, 1.54) is 12.1 Å². The summed E-state index contributed by atoms with van der Waals surface area (Å²) in [5.41, 5.74) is 1.90. The number of anilines is 1. The molecule has 2 heterocycles. The maximum atomic E-state index is 13.1. The van der Waals surface area contributed by atoms with E-state index < -0.39 is 0 Å². The molecule has 5 rings (SSSR count). The van der Waals surface area contributed by atoms with Crippen LogP contribution in [-0.4, -0.2) is 47.1 Å². The van der Waals surface area contributed by atoms with Gasteiger partial charge in [0.1, 0.15) is 5.82 Å². The van der Waals surface area contributed by atoms with Crippen LogP contribution in [0.1, 0.15) is 12.3 Å². The predicted octanol–water partition coefficient (Wildman–Crippen LogP) is 4.31. The molecule has 1 aliphatic rings. The van der Waals surface area contributed by atoms with Crippen LogP contribution in [0.4, 0.5) is 10.1 Å². The van der Waals surface area contributed by atoms with Crippen molar-refractivity contribution in [2.75, 3.05) is 31.1 Å². The molecule has 0 radical (unpaired) electrons. The Hall–Kier alpha value is -3.74. The molecule has 4 aromatic rings. The van der Waals surface area contributed by atoms with Crippen LogP contribution in [0.2, 0.25) is 0 Å². The first-order chi connectivity index (χ1) is 15.7. The Balaban J connectivity index is 1.18. The second-order valence-electron chi connectivity index (χ2n) is 7.88. The average molecular weight is 430 g/mol. The van der Waals surface area contributed by atoms with Gasteiger partial charge in [0.15, 0.2) is 0 Å². The monoisotopic (exact) mass is 430 g/mol. The van der Waals surface area contributed by atoms with Gasteiger partial charge >= 0.3 is 0 Å². The van der Waals surface area contributed by atoms with E-state index in [9.17, 15) is 9.18 Å². The van der Waals surface area contributed by atoms with E-state index in [4.69, 9.17) is 4.52 Å². The number of amides is 1. The minimum absolute atomic E-state index is 0.0775. The van der Waals surface area contributed by atoms with E-state index in [1.54, 1.807) is 12.1 Å². The van der Waals surface area contributed by atoms with Crippen molar-refractivity contribution < 1.29 is 13.7 Å². The van der Waals surface area contributed by atoms with Crippen molar-refractivity contribution in [3.05, 3.63) is 78.4 Å². The van der Waals surface area contributed by atoms with Crippen molar-refractivity contribution >= 4 is 22.4 Å². The Morgan fingerprint density at radius 1 is 0.938 bits per heavy atom. The SMILES string of the molecule is O=C(CCc1nc(-c2cccc3ccccc23)no1)N1CCN(c2ccc(F)cc2)CC1. The topological polar surface area (TPSA) is 62.5 Å². The Morgan fingerprint density at radius 3 is 2.50 bits per heavy atom. The molecule has 0 N–H and O–H groups in total. The lowest BCUT2D eigenvalue weighted by molar-refractivity contribution is -0.131. The van der Waals surface area contributed by atoms with Crippen molar-refractivity contribution in [3.8, 4) is 11.4 Å². The van der Waals surface area contributed by atoms with E-state index in [2.05, 4.69) is 15.0 Å². The Bertz CT molecular complexity index is 1220. The molecule has 0 saturated carbocycles. The van der Waals surface area contributed by atoms with Crippen LogP contribution in [0.3, 0.4) is 0 Å². The number of carbonyl (C=O) groups is 1. The maximum Gasteiger partial charge on any atom is 0.227 e. The normalized spacial score (nSPS) is 14.2. The van der Waals surface area contributed by atoms with Gasteiger partial charge in [0.05, 0.1) is 0 Å². The summed E-state index contributed by atoms with van der Waals surface area (Å²) in [6.45, 7) is 2.73. The van der Waals surface area contributed by atoms with Gasteiger partial charge in [-0.05, 0) is 35.0 Å². The van der Waals surface area contributed by atoms with Crippen molar-refractivity contribution in [3.63, 3.8) is 0 Å². The Kier molecular flexibility index (Phi) is 5.54. The summed E-state index contributed by atoms with van der Waals surface area (Å²) in [6.07, 6.45) is 0.739. The molecule has 0 spiro atoms. The number of fused-ring (bicyclic) bond motifs is 1. The molecule has 3 aromatic carbocycles. The van der Waals surface area contributed by atoms with Crippen molar-refractivity contribution in [2.45, 2.75) is 12.8 Å². The zero-order chi connectivity index (χ0) is 21.9. The third kappa shape index (κ3) is 4.19. The van der Waals surface area contributed by atoms with E-state index in [0.29, 0.717) is 37.6 Å². The lowest BCUT2D eigenvalue weighted by atomic mass is 10.0. The summed E-state index contributed by atoms with van der Waals surface area (Å²) in [6, 6.07) is 20.5.